The second-order valence-corrected chi connectivity index (χ2v) is 12.2. The molecule has 1 saturated carbocycles. The normalized spacial score (nSPS) is 15.6. The maximum Gasteiger partial charge on any atom is 0.220 e. The van der Waals surface area contributed by atoms with Gasteiger partial charge in [-0.2, -0.15) is 0 Å². The van der Waals surface area contributed by atoms with Gasteiger partial charge in [0.2, 0.25) is 5.91 Å². The number of carbonyl (C=O) groups is 2. The van der Waals surface area contributed by atoms with Crippen LogP contribution in [0.4, 0.5) is 5.69 Å². The Kier molecular flexibility index (Phi) is 9.32. The Morgan fingerprint density at radius 1 is 0.884 bits per heavy atom. The lowest BCUT2D eigenvalue weighted by Gasteiger charge is -2.32. The summed E-state index contributed by atoms with van der Waals surface area (Å²) in [6, 6.07) is 29.6. The number of hydrogen-bond acceptors (Lipinski definition) is 3. The molecular weight excluding hydrogens is 528 g/mol. The fraction of sp³-hybridized carbons (Fsp3) is 0.333. The van der Waals surface area contributed by atoms with Gasteiger partial charge in [0.15, 0.2) is 5.78 Å². The van der Waals surface area contributed by atoms with E-state index >= 15 is 0 Å². The predicted molar refractivity (Wildman–Crippen MR) is 177 cm³/mol. The van der Waals surface area contributed by atoms with Gasteiger partial charge >= 0.3 is 0 Å². The summed E-state index contributed by atoms with van der Waals surface area (Å²) in [7, 11) is 0. The van der Waals surface area contributed by atoms with Crippen molar-refractivity contribution in [3.63, 3.8) is 0 Å². The van der Waals surface area contributed by atoms with Gasteiger partial charge in [0.05, 0.1) is 0 Å². The number of anilines is 1. The van der Waals surface area contributed by atoms with Crippen LogP contribution in [0.3, 0.4) is 0 Å². The monoisotopic (exact) mass is 570 g/mol. The molecule has 4 nitrogen and oxygen atoms in total. The van der Waals surface area contributed by atoms with Crippen molar-refractivity contribution < 1.29 is 9.59 Å². The molecule has 1 fully saturated rings. The van der Waals surface area contributed by atoms with Gasteiger partial charge in [-0.1, -0.05) is 110 Å². The maximum absolute atomic E-state index is 13.6. The summed E-state index contributed by atoms with van der Waals surface area (Å²) < 4.78 is 0. The third kappa shape index (κ3) is 7.25. The highest BCUT2D eigenvalue weighted by molar-refractivity contribution is 6.15. The van der Waals surface area contributed by atoms with Gasteiger partial charge in [0, 0.05) is 43.7 Å². The third-order valence-corrected chi connectivity index (χ3v) is 9.06. The van der Waals surface area contributed by atoms with Crippen LogP contribution in [0.25, 0.3) is 16.8 Å². The summed E-state index contributed by atoms with van der Waals surface area (Å²) in [6.45, 7) is 2.08. The van der Waals surface area contributed by atoms with Crippen molar-refractivity contribution in [3.8, 4) is 0 Å². The van der Waals surface area contributed by atoms with Crippen LogP contribution in [-0.4, -0.2) is 24.8 Å². The van der Waals surface area contributed by atoms with E-state index in [-0.39, 0.29) is 11.7 Å². The van der Waals surface area contributed by atoms with E-state index in [0.717, 1.165) is 47.1 Å². The van der Waals surface area contributed by atoms with Crippen molar-refractivity contribution in [3.05, 3.63) is 119 Å². The quantitative estimate of drug-likeness (QED) is 0.209. The van der Waals surface area contributed by atoms with E-state index in [1.807, 2.05) is 12.1 Å². The molecule has 1 aliphatic carbocycles. The van der Waals surface area contributed by atoms with Gasteiger partial charge < -0.3 is 10.2 Å². The van der Waals surface area contributed by atoms with E-state index in [1.165, 1.54) is 48.8 Å². The Bertz CT molecular complexity index is 1590. The van der Waals surface area contributed by atoms with Gasteiger partial charge in [-0.25, -0.2) is 0 Å². The Morgan fingerprint density at radius 3 is 2.44 bits per heavy atom. The van der Waals surface area contributed by atoms with Gasteiger partial charge in [-0.3, -0.25) is 9.59 Å². The van der Waals surface area contributed by atoms with Crippen LogP contribution in [0.15, 0.2) is 91.0 Å². The molecule has 2 aliphatic rings. The van der Waals surface area contributed by atoms with E-state index in [9.17, 15) is 9.59 Å². The minimum Gasteiger partial charge on any atom is -0.366 e. The van der Waals surface area contributed by atoms with E-state index in [0.29, 0.717) is 31.7 Å². The lowest BCUT2D eigenvalue weighted by molar-refractivity contribution is -0.122. The first-order valence-corrected chi connectivity index (χ1v) is 16.0. The van der Waals surface area contributed by atoms with Crippen LogP contribution in [0.1, 0.15) is 77.6 Å². The van der Waals surface area contributed by atoms with Crippen LogP contribution >= 0.6 is 0 Å². The number of Topliss-reactive ketones (excluding diaryl/α,β-unsaturated/α-hetero) is 1. The lowest BCUT2D eigenvalue weighted by Crippen LogP contribution is -2.32. The molecule has 220 valence electrons. The predicted octanol–water partition coefficient (Wildman–Crippen LogP) is 8.32. The third-order valence-electron chi connectivity index (χ3n) is 9.06. The number of allylic oxidation sites excluding steroid dienone is 1. The van der Waals surface area contributed by atoms with Crippen molar-refractivity contribution in [2.75, 3.05) is 18.0 Å². The number of nitrogens with one attached hydrogen (secondary N) is 1. The van der Waals surface area contributed by atoms with E-state index in [2.05, 4.69) is 95.2 Å². The summed E-state index contributed by atoms with van der Waals surface area (Å²) in [4.78, 5) is 28.7. The van der Waals surface area contributed by atoms with Gasteiger partial charge in [0.1, 0.15) is 0 Å². The Morgan fingerprint density at radius 2 is 1.65 bits per heavy atom. The minimum absolute atomic E-state index is 0.158. The number of rotatable bonds is 10. The van der Waals surface area contributed by atoms with Crippen molar-refractivity contribution in [2.24, 2.45) is 5.92 Å². The first kappa shape index (κ1) is 28.9. The maximum atomic E-state index is 13.6. The number of nitrogens with zero attached hydrogens (tertiary/aromatic N) is 1. The Hall–Kier alpha value is -4.18. The van der Waals surface area contributed by atoms with Gasteiger partial charge in [-0.15, -0.1) is 0 Å². The summed E-state index contributed by atoms with van der Waals surface area (Å²) >= 11 is 0. The fourth-order valence-corrected chi connectivity index (χ4v) is 6.88. The summed E-state index contributed by atoms with van der Waals surface area (Å²) in [5.41, 5.74) is 6.64. The van der Waals surface area contributed by atoms with Crippen LogP contribution < -0.4 is 10.2 Å². The number of amides is 1. The number of fused-ring (bicyclic) bond motifs is 3. The highest BCUT2D eigenvalue weighted by Crippen LogP contribution is 2.37. The average Bonchev–Trinajstić information content (AvgIpc) is 3.03. The molecule has 1 aliphatic heterocycles. The summed E-state index contributed by atoms with van der Waals surface area (Å²) in [5.74, 6) is 0.893. The molecule has 1 N–H and O–H groups in total. The van der Waals surface area contributed by atoms with Gasteiger partial charge in [0.25, 0.3) is 0 Å². The van der Waals surface area contributed by atoms with Crippen LogP contribution in [0.5, 0.6) is 0 Å². The highest BCUT2D eigenvalue weighted by Gasteiger charge is 2.27. The van der Waals surface area contributed by atoms with Crippen LogP contribution in [-0.2, 0) is 24.2 Å². The summed E-state index contributed by atoms with van der Waals surface area (Å²) in [6.07, 6.45) is 13.1. The second-order valence-electron chi connectivity index (χ2n) is 12.2. The minimum atomic E-state index is 0.158. The SMILES string of the molecule is O=C(CC1CCCCC1)NCCc1cc(CC=Cc2ccccc2)cc2ccc3c(c12)C(=O)CCN3Cc1ccccc1. The molecule has 6 rings (SSSR count). The molecule has 0 radical (unpaired) electrons. The molecule has 4 aromatic rings. The molecule has 1 heterocycles. The number of ketones is 1. The largest absolute Gasteiger partial charge is 0.366 e. The number of hydrogen-bond donors (Lipinski definition) is 1. The Labute approximate surface area is 255 Å². The molecule has 0 unspecified atom stereocenters. The first-order chi connectivity index (χ1) is 21.1. The highest BCUT2D eigenvalue weighted by atomic mass is 16.1. The molecule has 0 aromatic heterocycles. The van der Waals surface area contributed by atoms with Crippen molar-refractivity contribution in [2.45, 2.75) is 64.3 Å². The molecule has 4 heteroatoms. The molecule has 4 aromatic carbocycles. The topological polar surface area (TPSA) is 49.4 Å². The van der Waals surface area contributed by atoms with Gasteiger partial charge in [-0.05, 0) is 70.7 Å². The standard InChI is InChI=1S/C39H42N2O2/c42-36-22-24-41(28-31-15-8-3-9-16-31)35-20-19-33-25-32(18-10-17-29-11-4-1-5-12-29)26-34(38(33)39(35)36)21-23-40-37(43)27-30-13-6-2-7-14-30/h1,3-5,8-12,15-17,19-20,25-26,30H,2,6-7,13-14,18,21-24,27-28H2,(H,40,43). The Balaban J connectivity index is 1.29. The zero-order chi connectivity index (χ0) is 29.4. The number of benzene rings is 4. The smallest absolute Gasteiger partial charge is 0.220 e. The summed E-state index contributed by atoms with van der Waals surface area (Å²) in [5, 5.41) is 5.36. The van der Waals surface area contributed by atoms with E-state index in [4.69, 9.17) is 0 Å². The number of carbonyl (C=O) groups excluding carboxylic acids is 2. The second kappa shape index (κ2) is 13.9. The fourth-order valence-electron chi connectivity index (χ4n) is 6.88. The average molecular weight is 571 g/mol. The molecule has 1 amide bonds. The van der Waals surface area contributed by atoms with Crippen LogP contribution in [0.2, 0.25) is 0 Å². The zero-order valence-corrected chi connectivity index (χ0v) is 25.1. The zero-order valence-electron chi connectivity index (χ0n) is 25.1. The van der Waals surface area contributed by atoms with Crippen molar-refractivity contribution >= 4 is 34.2 Å². The molecule has 0 bridgehead atoms. The van der Waals surface area contributed by atoms with E-state index < -0.39 is 0 Å². The molecule has 43 heavy (non-hydrogen) atoms. The molecule has 0 saturated heterocycles. The first-order valence-electron chi connectivity index (χ1n) is 16.0. The van der Waals surface area contributed by atoms with Crippen LogP contribution in [0, 0.1) is 5.92 Å². The van der Waals surface area contributed by atoms with Crippen molar-refractivity contribution in [1.82, 2.24) is 5.32 Å². The van der Waals surface area contributed by atoms with E-state index in [1.54, 1.807) is 0 Å². The van der Waals surface area contributed by atoms with Crippen molar-refractivity contribution in [1.29, 1.82) is 0 Å². The molecule has 0 spiro atoms. The molecular formula is C39H42N2O2. The lowest BCUT2D eigenvalue weighted by atomic mass is 9.87. The molecule has 0 atom stereocenters.